The SMILES string of the molecule is c1ccc2c(c1)ccc1cc(N(c3ccc(-c4cccc5c4sc4ccccc45)cc3)c3ccc4c(ccc5ccccc54)c3)ccc12. The minimum Gasteiger partial charge on any atom is -0.310 e. The van der Waals surface area contributed by atoms with Crippen LogP contribution in [-0.2, 0) is 0 Å². The maximum Gasteiger partial charge on any atom is 0.0468 e. The molecule has 0 N–H and O–H groups in total. The molecular formula is C46H29NS. The summed E-state index contributed by atoms with van der Waals surface area (Å²) in [6.07, 6.45) is 0. The Bertz CT molecular complexity index is 2720. The number of hydrogen-bond acceptors (Lipinski definition) is 2. The summed E-state index contributed by atoms with van der Waals surface area (Å²) in [5.74, 6) is 0. The number of benzene rings is 9. The van der Waals surface area contributed by atoms with Gasteiger partial charge in [0, 0.05) is 37.2 Å². The number of nitrogens with zero attached hydrogens (tertiary/aromatic N) is 1. The molecule has 0 saturated carbocycles. The van der Waals surface area contributed by atoms with E-state index in [1.807, 2.05) is 11.3 Å². The summed E-state index contributed by atoms with van der Waals surface area (Å²) in [5, 5.41) is 12.8. The van der Waals surface area contributed by atoms with E-state index >= 15 is 0 Å². The molecule has 1 aromatic heterocycles. The molecule has 1 nitrogen and oxygen atoms in total. The molecule has 224 valence electrons. The van der Waals surface area contributed by atoms with E-state index in [0.717, 1.165) is 17.1 Å². The van der Waals surface area contributed by atoms with Crippen LogP contribution in [0.1, 0.15) is 0 Å². The van der Waals surface area contributed by atoms with Crippen LogP contribution in [0.4, 0.5) is 17.1 Å². The third-order valence-electron chi connectivity index (χ3n) is 9.81. The fourth-order valence-electron chi connectivity index (χ4n) is 7.49. The van der Waals surface area contributed by atoms with Crippen molar-refractivity contribution in [1.82, 2.24) is 0 Å². The molecule has 0 bridgehead atoms. The lowest BCUT2D eigenvalue weighted by Crippen LogP contribution is -2.10. The van der Waals surface area contributed by atoms with Gasteiger partial charge < -0.3 is 4.90 Å². The van der Waals surface area contributed by atoms with Crippen LogP contribution in [0.2, 0.25) is 0 Å². The Morgan fingerprint density at radius 2 is 0.833 bits per heavy atom. The van der Waals surface area contributed by atoms with Crippen molar-refractivity contribution >= 4 is 91.7 Å². The van der Waals surface area contributed by atoms with Crippen LogP contribution in [0.5, 0.6) is 0 Å². The highest BCUT2D eigenvalue weighted by molar-refractivity contribution is 7.26. The zero-order chi connectivity index (χ0) is 31.6. The van der Waals surface area contributed by atoms with Crippen molar-refractivity contribution in [2.24, 2.45) is 0 Å². The summed E-state index contributed by atoms with van der Waals surface area (Å²) >= 11 is 1.88. The number of thiophene rings is 1. The van der Waals surface area contributed by atoms with Gasteiger partial charge in [0.25, 0.3) is 0 Å². The molecule has 10 rings (SSSR count). The van der Waals surface area contributed by atoms with Gasteiger partial charge in [-0.2, -0.15) is 0 Å². The van der Waals surface area contributed by atoms with Crippen molar-refractivity contribution in [2.75, 3.05) is 4.90 Å². The lowest BCUT2D eigenvalue weighted by molar-refractivity contribution is 1.30. The summed E-state index contributed by atoms with van der Waals surface area (Å²) in [6, 6.07) is 64.6. The summed E-state index contributed by atoms with van der Waals surface area (Å²) in [7, 11) is 0. The van der Waals surface area contributed by atoms with Crippen LogP contribution in [0.3, 0.4) is 0 Å². The van der Waals surface area contributed by atoms with Crippen LogP contribution in [0.15, 0.2) is 176 Å². The molecule has 2 heteroatoms. The minimum absolute atomic E-state index is 1.13. The second-order valence-corrected chi connectivity index (χ2v) is 13.6. The predicted octanol–water partition coefficient (Wildman–Crippen LogP) is 13.8. The van der Waals surface area contributed by atoms with Gasteiger partial charge in [0.2, 0.25) is 0 Å². The van der Waals surface area contributed by atoms with Crippen molar-refractivity contribution in [2.45, 2.75) is 0 Å². The van der Waals surface area contributed by atoms with Crippen molar-refractivity contribution in [3.05, 3.63) is 176 Å². The lowest BCUT2D eigenvalue weighted by Gasteiger charge is -2.26. The summed E-state index contributed by atoms with van der Waals surface area (Å²) < 4.78 is 2.67. The normalized spacial score (nSPS) is 11.8. The first kappa shape index (κ1) is 27.2. The lowest BCUT2D eigenvalue weighted by atomic mass is 9.99. The second kappa shape index (κ2) is 10.8. The maximum absolute atomic E-state index is 2.40. The molecule has 0 spiro atoms. The predicted molar refractivity (Wildman–Crippen MR) is 209 cm³/mol. The van der Waals surface area contributed by atoms with Crippen LogP contribution < -0.4 is 4.90 Å². The number of rotatable bonds is 4. The maximum atomic E-state index is 2.40. The first-order valence-corrected chi connectivity index (χ1v) is 17.2. The summed E-state index contributed by atoms with van der Waals surface area (Å²) in [6.45, 7) is 0. The zero-order valence-electron chi connectivity index (χ0n) is 26.1. The Kier molecular flexibility index (Phi) is 6.12. The van der Waals surface area contributed by atoms with Gasteiger partial charge in [0.15, 0.2) is 0 Å². The highest BCUT2D eigenvalue weighted by atomic mass is 32.1. The van der Waals surface area contributed by atoms with Gasteiger partial charge in [-0.15, -0.1) is 11.3 Å². The average molecular weight is 628 g/mol. The van der Waals surface area contributed by atoms with Crippen LogP contribution in [-0.4, -0.2) is 0 Å². The van der Waals surface area contributed by atoms with Crippen LogP contribution in [0, 0.1) is 0 Å². The quantitative estimate of drug-likeness (QED) is 0.176. The molecule has 0 amide bonds. The first-order chi connectivity index (χ1) is 23.8. The molecule has 48 heavy (non-hydrogen) atoms. The number of hydrogen-bond donors (Lipinski definition) is 0. The highest BCUT2D eigenvalue weighted by Crippen LogP contribution is 2.43. The molecule has 0 radical (unpaired) electrons. The van der Waals surface area contributed by atoms with Gasteiger partial charge in [-0.25, -0.2) is 0 Å². The highest BCUT2D eigenvalue weighted by Gasteiger charge is 2.16. The van der Waals surface area contributed by atoms with Crippen LogP contribution >= 0.6 is 11.3 Å². The molecule has 9 aromatic carbocycles. The molecule has 0 saturated heterocycles. The molecule has 1 heterocycles. The van der Waals surface area contributed by atoms with Gasteiger partial charge in [-0.1, -0.05) is 133 Å². The van der Waals surface area contributed by atoms with E-state index in [1.165, 1.54) is 74.4 Å². The van der Waals surface area contributed by atoms with E-state index in [1.54, 1.807) is 0 Å². The van der Waals surface area contributed by atoms with E-state index < -0.39 is 0 Å². The molecule has 0 unspecified atom stereocenters. The molecule has 0 fully saturated rings. The average Bonchev–Trinajstić information content (AvgIpc) is 3.54. The fourth-order valence-corrected chi connectivity index (χ4v) is 8.73. The molecular weight excluding hydrogens is 599 g/mol. The minimum atomic E-state index is 1.13. The van der Waals surface area contributed by atoms with E-state index in [0.29, 0.717) is 0 Å². The fraction of sp³-hybridized carbons (Fsp3) is 0. The monoisotopic (exact) mass is 627 g/mol. The molecule has 10 aromatic rings. The van der Waals surface area contributed by atoms with Crippen molar-refractivity contribution in [3.63, 3.8) is 0 Å². The third kappa shape index (κ3) is 4.31. The topological polar surface area (TPSA) is 3.24 Å². The standard InChI is InChI=1S/C46H29NS/c1-3-10-38-30(8-1)16-18-33-28-36(24-26-40(33)38)47(37-25-27-41-34(29-37)19-17-31-9-2-4-11-39(31)41)35-22-20-32(21-23-35)42-13-7-14-44-43-12-5-6-15-45(43)48-46(42)44/h1-29H. The Hall–Kier alpha value is -5.96. The van der Waals surface area contributed by atoms with E-state index in [9.17, 15) is 0 Å². The Balaban J connectivity index is 1.14. The second-order valence-electron chi connectivity index (χ2n) is 12.5. The largest absolute Gasteiger partial charge is 0.310 e. The molecule has 0 aliphatic carbocycles. The molecule has 0 atom stereocenters. The summed E-state index contributed by atoms with van der Waals surface area (Å²) in [4.78, 5) is 2.40. The number of anilines is 3. The van der Waals surface area contributed by atoms with Crippen molar-refractivity contribution < 1.29 is 0 Å². The molecule has 0 aliphatic heterocycles. The Morgan fingerprint density at radius 1 is 0.333 bits per heavy atom. The van der Waals surface area contributed by atoms with Crippen molar-refractivity contribution in [3.8, 4) is 11.1 Å². The first-order valence-electron chi connectivity index (χ1n) is 16.4. The zero-order valence-corrected chi connectivity index (χ0v) is 26.9. The van der Waals surface area contributed by atoms with Gasteiger partial charge in [0.05, 0.1) is 0 Å². The Labute approximate surface area is 282 Å². The van der Waals surface area contributed by atoms with Crippen molar-refractivity contribution in [1.29, 1.82) is 0 Å². The van der Waals surface area contributed by atoms with Gasteiger partial charge in [-0.05, 0) is 96.7 Å². The van der Waals surface area contributed by atoms with E-state index in [2.05, 4.69) is 181 Å². The summed E-state index contributed by atoms with van der Waals surface area (Å²) in [5.41, 5.74) is 5.91. The number of fused-ring (bicyclic) bond motifs is 9. The molecule has 0 aliphatic rings. The third-order valence-corrected chi connectivity index (χ3v) is 11.0. The van der Waals surface area contributed by atoms with Crippen LogP contribution in [0.25, 0.3) is 74.4 Å². The van der Waals surface area contributed by atoms with E-state index in [-0.39, 0.29) is 0 Å². The van der Waals surface area contributed by atoms with Gasteiger partial charge in [-0.3, -0.25) is 0 Å². The Morgan fingerprint density at radius 3 is 1.48 bits per heavy atom. The van der Waals surface area contributed by atoms with Gasteiger partial charge in [0.1, 0.15) is 0 Å². The van der Waals surface area contributed by atoms with Gasteiger partial charge >= 0.3 is 0 Å². The van der Waals surface area contributed by atoms with E-state index in [4.69, 9.17) is 0 Å². The smallest absolute Gasteiger partial charge is 0.0468 e.